The van der Waals surface area contributed by atoms with Gasteiger partial charge in [0.1, 0.15) is 5.82 Å². The first kappa shape index (κ1) is 17.9. The molecule has 2 amide bonds. The molecule has 1 heterocycles. The highest BCUT2D eigenvalue weighted by Crippen LogP contribution is 2.24. The van der Waals surface area contributed by atoms with Crippen molar-refractivity contribution in [2.45, 2.75) is 13.0 Å². The molecule has 3 aromatic rings. The number of nitrogens with zero attached hydrogens (tertiary/aromatic N) is 2. The zero-order valence-electron chi connectivity index (χ0n) is 14.1. The molecule has 2 N–H and O–H groups in total. The second-order valence-electron chi connectivity index (χ2n) is 5.83. The summed E-state index contributed by atoms with van der Waals surface area (Å²) in [6, 6.07) is 10.2. The SMILES string of the molecule is C[C@@H](c1n[nH]c(=O)c2ccccc12)N(C)C(=O)Nc1ccc(F)c(Cl)c1. The number of urea groups is 1. The van der Waals surface area contributed by atoms with E-state index in [1.807, 2.05) is 0 Å². The van der Waals surface area contributed by atoms with Gasteiger partial charge in [0, 0.05) is 18.1 Å². The molecular weight excluding hydrogens is 359 g/mol. The quantitative estimate of drug-likeness (QED) is 0.728. The first-order chi connectivity index (χ1) is 12.4. The molecule has 0 bridgehead atoms. The fraction of sp³-hybridized carbons (Fsp3) is 0.167. The molecule has 2 aromatic carbocycles. The summed E-state index contributed by atoms with van der Waals surface area (Å²) in [7, 11) is 1.60. The molecule has 0 fully saturated rings. The van der Waals surface area contributed by atoms with Crippen molar-refractivity contribution in [2.24, 2.45) is 0 Å². The van der Waals surface area contributed by atoms with E-state index in [2.05, 4.69) is 15.5 Å². The van der Waals surface area contributed by atoms with Crippen molar-refractivity contribution in [3.05, 3.63) is 69.4 Å². The van der Waals surface area contributed by atoms with E-state index in [4.69, 9.17) is 11.6 Å². The third-order valence-electron chi connectivity index (χ3n) is 4.19. The second kappa shape index (κ2) is 7.13. The molecule has 0 unspecified atom stereocenters. The van der Waals surface area contributed by atoms with Gasteiger partial charge in [-0.15, -0.1) is 0 Å². The van der Waals surface area contributed by atoms with E-state index in [0.717, 1.165) is 0 Å². The van der Waals surface area contributed by atoms with Crippen LogP contribution in [0.2, 0.25) is 5.02 Å². The molecule has 0 saturated heterocycles. The highest BCUT2D eigenvalue weighted by molar-refractivity contribution is 6.31. The Morgan fingerprint density at radius 1 is 1.27 bits per heavy atom. The van der Waals surface area contributed by atoms with Gasteiger partial charge >= 0.3 is 6.03 Å². The maximum absolute atomic E-state index is 13.2. The molecule has 6 nitrogen and oxygen atoms in total. The van der Waals surface area contributed by atoms with E-state index in [0.29, 0.717) is 22.2 Å². The number of H-pyrrole nitrogens is 1. The first-order valence-corrected chi connectivity index (χ1v) is 8.22. The molecule has 0 spiro atoms. The van der Waals surface area contributed by atoms with Gasteiger partial charge in [0.05, 0.1) is 22.1 Å². The molecule has 0 aliphatic carbocycles. The monoisotopic (exact) mass is 374 g/mol. The number of hydrogen-bond donors (Lipinski definition) is 2. The predicted octanol–water partition coefficient (Wildman–Crippen LogP) is 3.94. The van der Waals surface area contributed by atoms with E-state index >= 15 is 0 Å². The van der Waals surface area contributed by atoms with Crippen LogP contribution in [0, 0.1) is 5.82 Å². The zero-order valence-corrected chi connectivity index (χ0v) is 14.8. The normalized spacial score (nSPS) is 12.0. The largest absolute Gasteiger partial charge is 0.322 e. The lowest BCUT2D eigenvalue weighted by Gasteiger charge is -2.25. The maximum Gasteiger partial charge on any atom is 0.322 e. The summed E-state index contributed by atoms with van der Waals surface area (Å²) in [4.78, 5) is 25.8. The number of rotatable bonds is 3. The molecular formula is C18H16ClFN4O2. The highest BCUT2D eigenvalue weighted by Gasteiger charge is 2.21. The van der Waals surface area contributed by atoms with Crippen molar-refractivity contribution in [1.29, 1.82) is 0 Å². The van der Waals surface area contributed by atoms with Crippen LogP contribution in [0.25, 0.3) is 10.8 Å². The van der Waals surface area contributed by atoms with E-state index < -0.39 is 17.9 Å². The van der Waals surface area contributed by atoms with E-state index in [1.165, 1.54) is 23.1 Å². The van der Waals surface area contributed by atoms with Gasteiger partial charge in [-0.3, -0.25) is 4.79 Å². The number of amides is 2. The molecule has 1 aromatic heterocycles. The minimum Gasteiger partial charge on any atom is -0.319 e. The fourth-order valence-corrected chi connectivity index (χ4v) is 2.78. The molecule has 0 aliphatic rings. The molecule has 134 valence electrons. The third kappa shape index (κ3) is 3.39. The maximum atomic E-state index is 13.2. The lowest BCUT2D eigenvalue weighted by molar-refractivity contribution is 0.207. The summed E-state index contributed by atoms with van der Waals surface area (Å²) in [5.74, 6) is -0.560. The van der Waals surface area contributed by atoms with Crippen LogP contribution in [0.4, 0.5) is 14.9 Å². The lowest BCUT2D eigenvalue weighted by atomic mass is 10.1. The summed E-state index contributed by atoms with van der Waals surface area (Å²) in [6.07, 6.45) is 0. The lowest BCUT2D eigenvalue weighted by Crippen LogP contribution is -2.34. The van der Waals surface area contributed by atoms with Crippen LogP contribution in [0.5, 0.6) is 0 Å². The van der Waals surface area contributed by atoms with Crippen molar-refractivity contribution in [2.75, 3.05) is 12.4 Å². The van der Waals surface area contributed by atoms with Crippen molar-refractivity contribution in [3.63, 3.8) is 0 Å². The molecule has 26 heavy (non-hydrogen) atoms. The van der Waals surface area contributed by atoms with Crippen LogP contribution < -0.4 is 10.9 Å². The summed E-state index contributed by atoms with van der Waals surface area (Å²) >= 11 is 5.73. The van der Waals surface area contributed by atoms with Gasteiger partial charge in [-0.25, -0.2) is 14.3 Å². The Bertz CT molecular complexity index is 1040. The number of carbonyl (C=O) groups is 1. The number of hydrogen-bond acceptors (Lipinski definition) is 3. The number of aromatic nitrogens is 2. The van der Waals surface area contributed by atoms with E-state index in [-0.39, 0.29) is 10.6 Å². The van der Waals surface area contributed by atoms with Gasteiger partial charge in [-0.2, -0.15) is 5.10 Å². The van der Waals surface area contributed by atoms with E-state index in [1.54, 1.807) is 38.2 Å². The molecule has 0 radical (unpaired) electrons. The smallest absolute Gasteiger partial charge is 0.319 e. The van der Waals surface area contributed by atoms with Gasteiger partial charge in [-0.05, 0) is 31.2 Å². The standard InChI is InChI=1S/C18H16ClFN4O2/c1-10(16-12-5-3-4-6-13(12)17(25)23-22-16)24(2)18(26)21-11-7-8-15(20)14(19)9-11/h3-10H,1-2H3,(H,21,26)(H,23,25)/t10-/m0/s1. The van der Waals surface area contributed by atoms with Crippen LogP contribution in [0.3, 0.4) is 0 Å². The Kier molecular flexibility index (Phi) is 4.90. The van der Waals surface area contributed by atoms with Gasteiger partial charge in [0.15, 0.2) is 0 Å². The zero-order chi connectivity index (χ0) is 18.8. The first-order valence-electron chi connectivity index (χ1n) is 7.84. The van der Waals surface area contributed by atoms with E-state index in [9.17, 15) is 14.0 Å². The van der Waals surface area contributed by atoms with Crippen LogP contribution in [-0.2, 0) is 0 Å². The molecule has 1 atom stereocenters. The van der Waals surface area contributed by atoms with Crippen molar-refractivity contribution in [1.82, 2.24) is 15.1 Å². The number of halogens is 2. The number of carbonyl (C=O) groups excluding carboxylic acids is 1. The van der Waals surface area contributed by atoms with Crippen LogP contribution in [0.1, 0.15) is 18.7 Å². The summed E-state index contributed by atoms with van der Waals surface area (Å²) < 4.78 is 13.2. The van der Waals surface area contributed by atoms with Crippen molar-refractivity contribution >= 4 is 34.1 Å². The topological polar surface area (TPSA) is 78.1 Å². The van der Waals surface area contributed by atoms with Crippen LogP contribution in [0.15, 0.2) is 47.3 Å². The summed E-state index contributed by atoms with van der Waals surface area (Å²) in [6.45, 7) is 1.80. The van der Waals surface area contributed by atoms with Crippen LogP contribution >= 0.6 is 11.6 Å². The summed E-state index contributed by atoms with van der Waals surface area (Å²) in [5.41, 5.74) is 0.652. The Labute approximate surface area is 153 Å². The highest BCUT2D eigenvalue weighted by atomic mass is 35.5. The number of benzene rings is 2. The fourth-order valence-electron chi connectivity index (χ4n) is 2.60. The number of fused-ring (bicyclic) bond motifs is 1. The van der Waals surface area contributed by atoms with Gasteiger partial charge < -0.3 is 10.2 Å². The number of nitrogens with one attached hydrogen (secondary N) is 2. The molecule has 0 saturated carbocycles. The Morgan fingerprint density at radius 2 is 1.96 bits per heavy atom. The number of aromatic amines is 1. The summed E-state index contributed by atoms with van der Waals surface area (Å²) in [5, 5.41) is 10.3. The minimum atomic E-state index is -0.560. The van der Waals surface area contributed by atoms with Crippen LogP contribution in [-0.4, -0.2) is 28.2 Å². The van der Waals surface area contributed by atoms with Gasteiger partial charge in [-0.1, -0.05) is 29.8 Å². The van der Waals surface area contributed by atoms with Gasteiger partial charge in [0.2, 0.25) is 0 Å². The molecule has 0 aliphatic heterocycles. The Hall–Kier alpha value is -2.93. The average Bonchev–Trinajstić information content (AvgIpc) is 2.64. The van der Waals surface area contributed by atoms with Crippen molar-refractivity contribution in [3.8, 4) is 0 Å². The third-order valence-corrected chi connectivity index (χ3v) is 4.48. The second-order valence-corrected chi connectivity index (χ2v) is 6.24. The van der Waals surface area contributed by atoms with Crippen molar-refractivity contribution < 1.29 is 9.18 Å². The number of anilines is 1. The minimum absolute atomic E-state index is 0.0770. The Balaban J connectivity index is 1.86. The van der Waals surface area contributed by atoms with Gasteiger partial charge in [0.25, 0.3) is 5.56 Å². The molecule has 8 heteroatoms. The Morgan fingerprint density at radius 3 is 2.65 bits per heavy atom. The predicted molar refractivity (Wildman–Crippen MR) is 99.0 cm³/mol. The average molecular weight is 375 g/mol. The molecule has 3 rings (SSSR count).